The quantitative estimate of drug-likeness (QED) is 0.729. The molecule has 84 valence electrons. The van der Waals surface area contributed by atoms with Crippen LogP contribution in [0.4, 0.5) is 0 Å². The van der Waals surface area contributed by atoms with Gasteiger partial charge in [0.05, 0.1) is 0 Å². The zero-order valence-electron chi connectivity index (χ0n) is 9.59. The van der Waals surface area contributed by atoms with Gasteiger partial charge in [-0.1, -0.05) is 6.42 Å². The number of piperidine rings is 1. The van der Waals surface area contributed by atoms with Gasteiger partial charge in [-0.3, -0.25) is 4.90 Å². The van der Waals surface area contributed by atoms with E-state index in [1.807, 2.05) is 11.8 Å². The van der Waals surface area contributed by atoms with E-state index < -0.39 is 0 Å². The van der Waals surface area contributed by atoms with E-state index in [4.69, 9.17) is 0 Å². The van der Waals surface area contributed by atoms with Crippen molar-refractivity contribution in [2.45, 2.75) is 31.7 Å². The standard InChI is InChI=1S/C11H24N2S/c1-12-7-6-11-5-3-4-8-13(11)9-10-14-2/h11-12H,3-10H2,1-2H3. The summed E-state index contributed by atoms with van der Waals surface area (Å²) in [7, 11) is 2.05. The van der Waals surface area contributed by atoms with Crippen molar-refractivity contribution in [2.24, 2.45) is 0 Å². The zero-order chi connectivity index (χ0) is 10.2. The fourth-order valence-corrected chi connectivity index (χ4v) is 2.62. The highest BCUT2D eigenvalue weighted by Gasteiger charge is 2.20. The lowest BCUT2D eigenvalue weighted by molar-refractivity contribution is 0.149. The third-order valence-corrected chi connectivity index (χ3v) is 3.65. The van der Waals surface area contributed by atoms with Crippen LogP contribution in [0.15, 0.2) is 0 Å². The van der Waals surface area contributed by atoms with Crippen LogP contribution in [-0.4, -0.2) is 49.6 Å². The van der Waals surface area contributed by atoms with Crippen LogP contribution in [0.3, 0.4) is 0 Å². The van der Waals surface area contributed by atoms with Crippen LogP contribution in [0, 0.1) is 0 Å². The van der Waals surface area contributed by atoms with E-state index in [-0.39, 0.29) is 0 Å². The fourth-order valence-electron chi connectivity index (χ4n) is 2.20. The van der Waals surface area contributed by atoms with Gasteiger partial charge in [0.1, 0.15) is 0 Å². The highest BCUT2D eigenvalue weighted by Crippen LogP contribution is 2.19. The molecule has 14 heavy (non-hydrogen) atoms. The SMILES string of the molecule is CNCCC1CCCCN1CCSC. The fraction of sp³-hybridized carbons (Fsp3) is 1.00. The first kappa shape index (κ1) is 12.3. The Hall–Kier alpha value is 0.270. The van der Waals surface area contributed by atoms with Crippen molar-refractivity contribution in [1.29, 1.82) is 0 Å². The van der Waals surface area contributed by atoms with E-state index in [9.17, 15) is 0 Å². The van der Waals surface area contributed by atoms with E-state index in [0.29, 0.717) is 0 Å². The minimum atomic E-state index is 0.850. The second kappa shape index (κ2) is 7.55. The summed E-state index contributed by atoms with van der Waals surface area (Å²) in [6.45, 7) is 3.78. The molecule has 1 rings (SSSR count). The molecular weight excluding hydrogens is 192 g/mol. The van der Waals surface area contributed by atoms with E-state index in [1.165, 1.54) is 51.1 Å². The van der Waals surface area contributed by atoms with E-state index in [2.05, 4.69) is 23.5 Å². The van der Waals surface area contributed by atoms with E-state index in [0.717, 1.165) is 6.04 Å². The molecule has 0 radical (unpaired) electrons. The molecule has 1 saturated heterocycles. The number of nitrogens with one attached hydrogen (secondary N) is 1. The molecule has 0 aromatic carbocycles. The molecule has 0 aromatic rings. The van der Waals surface area contributed by atoms with Gasteiger partial charge in [0.2, 0.25) is 0 Å². The molecule has 1 atom stereocenters. The van der Waals surface area contributed by atoms with Crippen LogP contribution in [0.1, 0.15) is 25.7 Å². The maximum atomic E-state index is 3.26. The number of hydrogen-bond donors (Lipinski definition) is 1. The normalized spacial score (nSPS) is 24.0. The van der Waals surface area contributed by atoms with Gasteiger partial charge >= 0.3 is 0 Å². The Morgan fingerprint density at radius 3 is 3.00 bits per heavy atom. The highest BCUT2D eigenvalue weighted by molar-refractivity contribution is 7.98. The van der Waals surface area contributed by atoms with Crippen molar-refractivity contribution in [1.82, 2.24) is 10.2 Å². The van der Waals surface area contributed by atoms with Gasteiger partial charge in [-0.05, 0) is 45.7 Å². The molecule has 1 N–H and O–H groups in total. The lowest BCUT2D eigenvalue weighted by Gasteiger charge is -2.35. The maximum Gasteiger partial charge on any atom is 0.0108 e. The molecule has 1 unspecified atom stereocenters. The first-order chi connectivity index (χ1) is 6.88. The number of hydrogen-bond acceptors (Lipinski definition) is 3. The minimum Gasteiger partial charge on any atom is -0.320 e. The van der Waals surface area contributed by atoms with E-state index >= 15 is 0 Å². The van der Waals surface area contributed by atoms with Gasteiger partial charge in [-0.25, -0.2) is 0 Å². The zero-order valence-corrected chi connectivity index (χ0v) is 10.4. The number of likely N-dealkylation sites (tertiary alicyclic amines) is 1. The van der Waals surface area contributed by atoms with Gasteiger partial charge in [-0.15, -0.1) is 0 Å². The predicted octanol–water partition coefficient (Wildman–Crippen LogP) is 1.81. The van der Waals surface area contributed by atoms with Crippen molar-refractivity contribution in [2.75, 3.05) is 38.7 Å². The molecule has 1 fully saturated rings. The first-order valence-electron chi connectivity index (χ1n) is 5.76. The Morgan fingerprint density at radius 2 is 2.29 bits per heavy atom. The van der Waals surface area contributed by atoms with Crippen LogP contribution in [0.2, 0.25) is 0 Å². The summed E-state index contributed by atoms with van der Waals surface area (Å²) < 4.78 is 0. The van der Waals surface area contributed by atoms with Gasteiger partial charge in [0.25, 0.3) is 0 Å². The summed E-state index contributed by atoms with van der Waals surface area (Å²) in [6.07, 6.45) is 7.78. The lowest BCUT2D eigenvalue weighted by Crippen LogP contribution is -2.42. The topological polar surface area (TPSA) is 15.3 Å². The summed E-state index contributed by atoms with van der Waals surface area (Å²) in [5.74, 6) is 1.29. The molecule has 3 heteroatoms. The van der Waals surface area contributed by atoms with Gasteiger partial charge in [-0.2, -0.15) is 11.8 Å². The average molecular weight is 216 g/mol. The number of nitrogens with zero attached hydrogens (tertiary/aromatic N) is 1. The average Bonchev–Trinajstić information content (AvgIpc) is 2.24. The molecular formula is C11H24N2S. The Morgan fingerprint density at radius 1 is 1.43 bits per heavy atom. The van der Waals surface area contributed by atoms with Crippen molar-refractivity contribution >= 4 is 11.8 Å². The van der Waals surface area contributed by atoms with Gasteiger partial charge < -0.3 is 5.32 Å². The summed E-state index contributed by atoms with van der Waals surface area (Å²) in [6, 6.07) is 0.850. The summed E-state index contributed by atoms with van der Waals surface area (Å²) in [5.41, 5.74) is 0. The van der Waals surface area contributed by atoms with Crippen LogP contribution in [-0.2, 0) is 0 Å². The second-order valence-electron chi connectivity index (χ2n) is 4.07. The number of thioether (sulfide) groups is 1. The molecule has 0 spiro atoms. The van der Waals surface area contributed by atoms with Crippen LogP contribution < -0.4 is 5.32 Å². The first-order valence-corrected chi connectivity index (χ1v) is 7.15. The molecule has 0 amide bonds. The van der Waals surface area contributed by atoms with Crippen molar-refractivity contribution in [3.63, 3.8) is 0 Å². The molecule has 0 bridgehead atoms. The van der Waals surface area contributed by atoms with Crippen molar-refractivity contribution < 1.29 is 0 Å². The lowest BCUT2D eigenvalue weighted by atomic mass is 9.99. The number of rotatable bonds is 6. The molecule has 0 saturated carbocycles. The largest absolute Gasteiger partial charge is 0.320 e. The molecule has 1 aliphatic rings. The van der Waals surface area contributed by atoms with Crippen molar-refractivity contribution in [3.05, 3.63) is 0 Å². The maximum absolute atomic E-state index is 3.26. The van der Waals surface area contributed by atoms with Gasteiger partial charge in [0, 0.05) is 18.3 Å². The molecule has 0 aliphatic carbocycles. The van der Waals surface area contributed by atoms with Crippen molar-refractivity contribution in [3.8, 4) is 0 Å². The van der Waals surface area contributed by atoms with Crippen LogP contribution in [0.25, 0.3) is 0 Å². The second-order valence-corrected chi connectivity index (χ2v) is 5.06. The Kier molecular flexibility index (Phi) is 6.65. The summed E-state index contributed by atoms with van der Waals surface area (Å²) in [5, 5.41) is 3.26. The summed E-state index contributed by atoms with van der Waals surface area (Å²) >= 11 is 1.96. The van der Waals surface area contributed by atoms with Crippen LogP contribution >= 0.6 is 11.8 Å². The molecule has 0 aromatic heterocycles. The van der Waals surface area contributed by atoms with E-state index in [1.54, 1.807) is 0 Å². The predicted molar refractivity (Wildman–Crippen MR) is 66.1 cm³/mol. The third kappa shape index (κ3) is 4.20. The smallest absolute Gasteiger partial charge is 0.0108 e. The Bertz CT molecular complexity index is 125. The molecule has 2 nitrogen and oxygen atoms in total. The minimum absolute atomic E-state index is 0.850. The van der Waals surface area contributed by atoms with Crippen LogP contribution in [0.5, 0.6) is 0 Å². The molecule has 1 aliphatic heterocycles. The van der Waals surface area contributed by atoms with Gasteiger partial charge in [0.15, 0.2) is 0 Å². The Balaban J connectivity index is 2.26. The summed E-state index contributed by atoms with van der Waals surface area (Å²) in [4.78, 5) is 2.69. The third-order valence-electron chi connectivity index (χ3n) is 3.06. The highest BCUT2D eigenvalue weighted by atomic mass is 32.2. The molecule has 1 heterocycles. The monoisotopic (exact) mass is 216 g/mol. The Labute approximate surface area is 92.8 Å².